The van der Waals surface area contributed by atoms with Gasteiger partial charge >= 0.3 is 29.6 Å². The topological polar surface area (TPSA) is 34.4 Å². The zero-order valence-corrected chi connectivity index (χ0v) is 15.1. The quantitative estimate of drug-likeness (QED) is 0.760. The Hall–Kier alpha value is -0.510. The summed E-state index contributed by atoms with van der Waals surface area (Å²) in [5.74, 6) is 0. The molecule has 0 bridgehead atoms. The normalized spacial score (nSPS) is 15.3. The zero-order chi connectivity index (χ0) is 13.8. The van der Waals surface area contributed by atoms with Gasteiger partial charge in [-0.2, -0.15) is 0 Å². The number of carbonyl (C=O) groups is 1. The van der Waals surface area contributed by atoms with Gasteiger partial charge in [0, 0.05) is 0 Å². The molecule has 0 aliphatic heterocycles. The van der Waals surface area contributed by atoms with E-state index in [0.29, 0.717) is 6.04 Å². The molecule has 1 aromatic rings. The van der Waals surface area contributed by atoms with Crippen molar-refractivity contribution < 1.29 is 34.4 Å². The van der Waals surface area contributed by atoms with E-state index in [1.165, 1.54) is 19.3 Å². The van der Waals surface area contributed by atoms with E-state index in [4.69, 9.17) is 0 Å². The summed E-state index contributed by atoms with van der Waals surface area (Å²) in [5.41, 5.74) is 2.95. The molecule has 1 aliphatic rings. The van der Waals surface area contributed by atoms with E-state index in [-0.39, 0.29) is 35.6 Å². The first-order chi connectivity index (χ1) is 9.09. The molecule has 0 heterocycles. The van der Waals surface area contributed by atoms with Gasteiger partial charge in [0.15, 0.2) is 6.03 Å². The molecule has 1 saturated carbocycles. The molecule has 3 nitrogen and oxygen atoms in total. The minimum Gasteiger partial charge on any atom is -0.436 e. The molecule has 2 amide bonds. The van der Waals surface area contributed by atoms with Crippen molar-refractivity contribution in [3.8, 4) is 0 Å². The van der Waals surface area contributed by atoms with Crippen molar-refractivity contribution in [1.29, 1.82) is 0 Å². The molecule has 0 atom stereocenters. The van der Waals surface area contributed by atoms with Gasteiger partial charge in [0.1, 0.15) is 0 Å². The van der Waals surface area contributed by atoms with Gasteiger partial charge in [-0.1, -0.05) is 57.4 Å². The second kappa shape index (κ2) is 8.06. The number of rotatable bonds is 2. The summed E-state index contributed by atoms with van der Waals surface area (Å²) in [6, 6.07) is 6.26. The average molecular weight is 282 g/mol. The van der Waals surface area contributed by atoms with Gasteiger partial charge in [0.2, 0.25) is 0 Å². The van der Waals surface area contributed by atoms with Crippen LogP contribution in [0.5, 0.6) is 0 Å². The van der Waals surface area contributed by atoms with Crippen LogP contribution in [0.15, 0.2) is 18.2 Å². The molecule has 1 aliphatic carbocycles. The smallest absolute Gasteiger partial charge is 0.436 e. The van der Waals surface area contributed by atoms with Crippen LogP contribution < -0.4 is 29.6 Å². The van der Waals surface area contributed by atoms with Crippen LogP contribution in [0.2, 0.25) is 0 Å². The first-order valence-electron chi connectivity index (χ1n) is 7.14. The summed E-state index contributed by atoms with van der Waals surface area (Å²) in [5, 5.41) is 4.32. The number of amides is 2. The van der Waals surface area contributed by atoms with E-state index in [2.05, 4.69) is 5.32 Å². The number of hydrogen-bond donors (Lipinski definition) is 0. The molecule has 0 saturated heterocycles. The van der Waals surface area contributed by atoms with Crippen LogP contribution in [0.1, 0.15) is 43.2 Å². The molecular weight excluding hydrogens is 259 g/mol. The number of nitrogens with zero attached hydrogens (tertiary/aromatic N) is 2. The Labute approximate surface area is 144 Å². The molecule has 0 aromatic heterocycles. The predicted molar refractivity (Wildman–Crippen MR) is 79.0 cm³/mol. The number of aryl methyl sites for hydroxylation is 2. The van der Waals surface area contributed by atoms with Crippen molar-refractivity contribution in [2.24, 2.45) is 0 Å². The van der Waals surface area contributed by atoms with Crippen LogP contribution in [0.3, 0.4) is 0 Å². The van der Waals surface area contributed by atoms with Crippen LogP contribution in [0.4, 0.5) is 10.5 Å². The second-order valence-corrected chi connectivity index (χ2v) is 5.54. The molecule has 1 aromatic carbocycles. The summed E-state index contributed by atoms with van der Waals surface area (Å²) in [6.45, 7) is 4.00. The van der Waals surface area contributed by atoms with E-state index < -0.39 is 0 Å². The Morgan fingerprint density at radius 2 is 1.70 bits per heavy atom. The number of carbonyl (C=O) groups excluding carboxylic acids is 1. The van der Waals surface area contributed by atoms with Crippen LogP contribution in [-0.2, 0) is 0 Å². The first-order valence-corrected chi connectivity index (χ1v) is 7.14. The standard InChI is InChI=1S/C16H24N2O.Na/c1-12-8-7-9-13(2)15(12)17-16(19)18(3)14-10-5-4-6-11-14;/h7-9,14H,4-6,10-11H2,1-3H3,(H,17,19);/q;+1/p-1. The average Bonchev–Trinajstić information content (AvgIpc) is 2.43. The van der Waals surface area contributed by atoms with Crippen molar-refractivity contribution in [2.75, 3.05) is 7.05 Å². The molecule has 0 N–H and O–H groups in total. The predicted octanol–water partition coefficient (Wildman–Crippen LogP) is 1.70. The molecule has 4 heteroatoms. The van der Waals surface area contributed by atoms with E-state index in [1.54, 1.807) is 0 Å². The Balaban J connectivity index is 0.00000200. The molecule has 1 fully saturated rings. The Morgan fingerprint density at radius 1 is 1.15 bits per heavy atom. The van der Waals surface area contributed by atoms with Crippen LogP contribution in [0.25, 0.3) is 5.32 Å². The van der Waals surface area contributed by atoms with Gasteiger partial charge < -0.3 is 10.2 Å². The van der Waals surface area contributed by atoms with Crippen molar-refractivity contribution in [3.63, 3.8) is 0 Å². The number of para-hydroxylation sites is 1. The molecule has 0 unspecified atom stereocenters. The molecule has 104 valence electrons. The maximum atomic E-state index is 12.3. The molecule has 20 heavy (non-hydrogen) atoms. The number of benzene rings is 1. The third kappa shape index (κ3) is 4.24. The van der Waals surface area contributed by atoms with Crippen LogP contribution in [0, 0.1) is 13.8 Å². The Morgan fingerprint density at radius 3 is 2.25 bits per heavy atom. The van der Waals surface area contributed by atoms with Crippen molar-refractivity contribution in [3.05, 3.63) is 34.6 Å². The Kier molecular flexibility index (Phi) is 7.07. The summed E-state index contributed by atoms with van der Waals surface area (Å²) in [4.78, 5) is 14.1. The van der Waals surface area contributed by atoms with Crippen molar-refractivity contribution >= 4 is 11.7 Å². The van der Waals surface area contributed by atoms with E-state index in [0.717, 1.165) is 29.7 Å². The van der Waals surface area contributed by atoms with Crippen molar-refractivity contribution in [1.82, 2.24) is 4.90 Å². The minimum absolute atomic E-state index is 0. The minimum atomic E-state index is -0.107. The van der Waals surface area contributed by atoms with Gasteiger partial charge in [-0.05, 0) is 36.7 Å². The van der Waals surface area contributed by atoms with Gasteiger partial charge in [0.25, 0.3) is 0 Å². The molecule has 0 radical (unpaired) electrons. The fourth-order valence-electron chi connectivity index (χ4n) is 2.78. The van der Waals surface area contributed by atoms with Crippen molar-refractivity contribution in [2.45, 2.75) is 52.0 Å². The van der Waals surface area contributed by atoms with Crippen LogP contribution in [-0.4, -0.2) is 24.0 Å². The van der Waals surface area contributed by atoms with Crippen LogP contribution >= 0.6 is 0 Å². The maximum absolute atomic E-state index is 12.3. The van der Waals surface area contributed by atoms with E-state index in [9.17, 15) is 4.79 Å². The number of hydrogen-bond acceptors (Lipinski definition) is 1. The monoisotopic (exact) mass is 282 g/mol. The van der Waals surface area contributed by atoms with Gasteiger partial charge in [-0.15, -0.1) is 0 Å². The first kappa shape index (κ1) is 17.5. The van der Waals surface area contributed by atoms with Gasteiger partial charge in [0.05, 0.1) is 0 Å². The largest absolute Gasteiger partial charge is 1.00 e. The maximum Gasteiger partial charge on any atom is 1.00 e. The zero-order valence-electron chi connectivity index (χ0n) is 13.1. The van der Waals surface area contributed by atoms with E-state index in [1.807, 2.05) is 44.0 Å². The summed E-state index contributed by atoms with van der Waals surface area (Å²) in [7, 11) is 1.88. The Bertz CT molecular complexity index is 436. The second-order valence-electron chi connectivity index (χ2n) is 5.54. The summed E-state index contributed by atoms with van der Waals surface area (Å²) < 4.78 is 0. The number of urea groups is 1. The molecular formula is C16H23N2NaO. The van der Waals surface area contributed by atoms with E-state index >= 15 is 0 Å². The third-order valence-corrected chi connectivity index (χ3v) is 4.07. The summed E-state index contributed by atoms with van der Waals surface area (Å²) >= 11 is 0. The fourth-order valence-corrected chi connectivity index (χ4v) is 2.78. The fraction of sp³-hybridized carbons (Fsp3) is 0.562. The summed E-state index contributed by atoms with van der Waals surface area (Å²) in [6.07, 6.45) is 5.99. The third-order valence-electron chi connectivity index (χ3n) is 4.07. The molecule has 2 rings (SSSR count). The SMILES string of the molecule is Cc1cccc(C)c1[N-]C(=O)N(C)C1CCCCC1.[Na+]. The van der Waals surface area contributed by atoms with Gasteiger partial charge in [-0.25, -0.2) is 0 Å². The van der Waals surface area contributed by atoms with Gasteiger partial charge in [-0.3, -0.25) is 4.79 Å². The molecule has 0 spiro atoms.